The molecular formula is C18H23NO2. The van der Waals surface area contributed by atoms with Crippen molar-refractivity contribution in [2.24, 2.45) is 0 Å². The summed E-state index contributed by atoms with van der Waals surface area (Å²) in [6.07, 6.45) is 0. The Labute approximate surface area is 126 Å². The van der Waals surface area contributed by atoms with Crippen LogP contribution in [-0.2, 0) is 0 Å². The molecule has 1 atom stereocenters. The molecule has 0 bridgehead atoms. The van der Waals surface area contributed by atoms with Crippen LogP contribution in [0.2, 0.25) is 0 Å². The van der Waals surface area contributed by atoms with Crippen LogP contribution in [0.3, 0.4) is 0 Å². The van der Waals surface area contributed by atoms with Crippen LogP contribution >= 0.6 is 0 Å². The molecule has 0 saturated carbocycles. The van der Waals surface area contributed by atoms with Crippen LogP contribution in [0.25, 0.3) is 0 Å². The predicted octanol–water partition coefficient (Wildman–Crippen LogP) is 3.63. The molecule has 0 radical (unpaired) electrons. The number of hydrogen-bond acceptors (Lipinski definition) is 3. The van der Waals surface area contributed by atoms with Crippen LogP contribution < -0.4 is 14.8 Å². The van der Waals surface area contributed by atoms with Crippen molar-refractivity contribution in [1.29, 1.82) is 0 Å². The lowest BCUT2D eigenvalue weighted by Gasteiger charge is -2.22. The summed E-state index contributed by atoms with van der Waals surface area (Å²) < 4.78 is 11.1. The molecule has 0 aromatic heterocycles. The molecule has 2 rings (SSSR count). The topological polar surface area (TPSA) is 30.5 Å². The normalized spacial score (nSPS) is 12.0. The van der Waals surface area contributed by atoms with E-state index in [2.05, 4.69) is 49.5 Å². The first-order valence-electron chi connectivity index (χ1n) is 7.07. The van der Waals surface area contributed by atoms with E-state index in [4.69, 9.17) is 9.47 Å². The van der Waals surface area contributed by atoms with E-state index in [1.807, 2.05) is 13.1 Å². The summed E-state index contributed by atoms with van der Waals surface area (Å²) in [6.45, 7) is 4.15. The fourth-order valence-electron chi connectivity index (χ4n) is 2.61. The van der Waals surface area contributed by atoms with Crippen molar-refractivity contribution >= 4 is 0 Å². The summed E-state index contributed by atoms with van der Waals surface area (Å²) in [5, 5.41) is 3.37. The highest BCUT2D eigenvalue weighted by Crippen LogP contribution is 2.35. The first-order chi connectivity index (χ1) is 10.1. The van der Waals surface area contributed by atoms with Gasteiger partial charge in [0, 0.05) is 11.1 Å². The summed E-state index contributed by atoms with van der Waals surface area (Å²) in [7, 11) is 5.36. The highest BCUT2D eigenvalue weighted by molar-refractivity contribution is 5.48. The van der Waals surface area contributed by atoms with Gasteiger partial charge >= 0.3 is 0 Å². The minimum Gasteiger partial charge on any atom is -0.496 e. The second-order valence-electron chi connectivity index (χ2n) is 5.21. The van der Waals surface area contributed by atoms with Crippen LogP contribution in [0.15, 0.2) is 36.4 Å². The number of aryl methyl sites for hydroxylation is 2. The molecule has 1 unspecified atom stereocenters. The van der Waals surface area contributed by atoms with Gasteiger partial charge in [-0.1, -0.05) is 29.8 Å². The second-order valence-corrected chi connectivity index (χ2v) is 5.21. The van der Waals surface area contributed by atoms with E-state index in [1.54, 1.807) is 14.2 Å². The molecule has 0 aliphatic heterocycles. The molecule has 0 heterocycles. The number of hydrogen-bond donors (Lipinski definition) is 1. The summed E-state index contributed by atoms with van der Waals surface area (Å²) >= 11 is 0. The average molecular weight is 285 g/mol. The van der Waals surface area contributed by atoms with Crippen molar-refractivity contribution in [2.45, 2.75) is 19.9 Å². The molecule has 0 aliphatic rings. The Morgan fingerprint density at radius 2 is 1.43 bits per heavy atom. The van der Waals surface area contributed by atoms with Crippen molar-refractivity contribution in [2.75, 3.05) is 21.3 Å². The molecule has 1 N–H and O–H groups in total. The SMILES string of the molecule is CNC(c1ccc(C)cc1OC)c1cc(C)ccc1OC. The maximum Gasteiger partial charge on any atom is 0.124 e. The van der Waals surface area contributed by atoms with E-state index < -0.39 is 0 Å². The number of methoxy groups -OCH3 is 2. The maximum absolute atomic E-state index is 5.55. The predicted molar refractivity (Wildman–Crippen MR) is 86.4 cm³/mol. The average Bonchev–Trinajstić information content (AvgIpc) is 2.49. The number of nitrogens with one attached hydrogen (secondary N) is 1. The molecule has 2 aromatic carbocycles. The van der Waals surface area contributed by atoms with E-state index in [0.717, 1.165) is 22.6 Å². The Morgan fingerprint density at radius 3 is 2.05 bits per heavy atom. The largest absolute Gasteiger partial charge is 0.496 e. The highest BCUT2D eigenvalue weighted by atomic mass is 16.5. The molecule has 21 heavy (non-hydrogen) atoms. The van der Waals surface area contributed by atoms with E-state index in [1.165, 1.54) is 11.1 Å². The molecular weight excluding hydrogens is 262 g/mol. The fraction of sp³-hybridized carbons (Fsp3) is 0.333. The molecule has 2 aromatic rings. The van der Waals surface area contributed by atoms with Gasteiger partial charge in [0.2, 0.25) is 0 Å². The van der Waals surface area contributed by atoms with E-state index >= 15 is 0 Å². The Hall–Kier alpha value is -2.00. The third-order valence-corrected chi connectivity index (χ3v) is 3.68. The summed E-state index contributed by atoms with van der Waals surface area (Å²) in [4.78, 5) is 0. The molecule has 3 heteroatoms. The molecule has 0 saturated heterocycles. The third-order valence-electron chi connectivity index (χ3n) is 3.68. The van der Waals surface area contributed by atoms with E-state index in [-0.39, 0.29) is 6.04 Å². The van der Waals surface area contributed by atoms with Gasteiger partial charge in [-0.25, -0.2) is 0 Å². The molecule has 0 aliphatic carbocycles. The van der Waals surface area contributed by atoms with Gasteiger partial charge in [-0.2, -0.15) is 0 Å². The minimum atomic E-state index is 0.0235. The van der Waals surface area contributed by atoms with Crippen LogP contribution in [-0.4, -0.2) is 21.3 Å². The maximum atomic E-state index is 5.55. The van der Waals surface area contributed by atoms with Gasteiger partial charge in [0.25, 0.3) is 0 Å². The molecule has 3 nitrogen and oxygen atoms in total. The Bertz CT molecular complexity index is 623. The Kier molecular flexibility index (Phi) is 4.86. The third kappa shape index (κ3) is 3.19. The molecule has 0 spiro atoms. The van der Waals surface area contributed by atoms with Crippen LogP contribution in [0.4, 0.5) is 0 Å². The number of ether oxygens (including phenoxy) is 2. The first-order valence-corrected chi connectivity index (χ1v) is 7.07. The smallest absolute Gasteiger partial charge is 0.124 e. The summed E-state index contributed by atoms with van der Waals surface area (Å²) in [6, 6.07) is 12.5. The van der Waals surface area contributed by atoms with Gasteiger partial charge in [-0.05, 0) is 38.6 Å². The van der Waals surface area contributed by atoms with Gasteiger partial charge < -0.3 is 14.8 Å². The summed E-state index contributed by atoms with van der Waals surface area (Å²) in [5.74, 6) is 1.76. The Balaban J connectivity index is 2.57. The van der Waals surface area contributed by atoms with Gasteiger partial charge in [0.1, 0.15) is 11.5 Å². The minimum absolute atomic E-state index is 0.0235. The highest BCUT2D eigenvalue weighted by Gasteiger charge is 2.20. The zero-order valence-electron chi connectivity index (χ0n) is 13.4. The van der Waals surface area contributed by atoms with E-state index in [0.29, 0.717) is 0 Å². The van der Waals surface area contributed by atoms with Gasteiger partial charge in [0.05, 0.1) is 20.3 Å². The standard InChI is InChI=1S/C18H23NO2/c1-12-7-9-16(20-4)15(10-12)18(19-3)14-8-6-13(2)11-17(14)21-5/h6-11,18-19H,1-5H3. The van der Waals surface area contributed by atoms with Crippen molar-refractivity contribution in [1.82, 2.24) is 5.32 Å². The van der Waals surface area contributed by atoms with Crippen LogP contribution in [0, 0.1) is 13.8 Å². The lowest BCUT2D eigenvalue weighted by Crippen LogP contribution is -2.19. The monoisotopic (exact) mass is 285 g/mol. The van der Waals surface area contributed by atoms with Crippen molar-refractivity contribution in [3.05, 3.63) is 58.7 Å². The van der Waals surface area contributed by atoms with Crippen LogP contribution in [0.1, 0.15) is 28.3 Å². The lowest BCUT2D eigenvalue weighted by molar-refractivity contribution is 0.395. The summed E-state index contributed by atoms with van der Waals surface area (Å²) in [5.41, 5.74) is 4.61. The van der Waals surface area contributed by atoms with Gasteiger partial charge in [-0.3, -0.25) is 0 Å². The fourth-order valence-corrected chi connectivity index (χ4v) is 2.61. The Morgan fingerprint density at radius 1 is 0.810 bits per heavy atom. The molecule has 0 fully saturated rings. The van der Waals surface area contributed by atoms with Crippen LogP contribution in [0.5, 0.6) is 11.5 Å². The number of rotatable bonds is 5. The quantitative estimate of drug-likeness (QED) is 0.910. The first kappa shape index (κ1) is 15.4. The lowest BCUT2D eigenvalue weighted by atomic mass is 9.95. The number of benzene rings is 2. The van der Waals surface area contributed by atoms with Crippen molar-refractivity contribution < 1.29 is 9.47 Å². The van der Waals surface area contributed by atoms with E-state index in [9.17, 15) is 0 Å². The second kappa shape index (κ2) is 6.64. The molecule has 0 amide bonds. The van der Waals surface area contributed by atoms with Gasteiger partial charge in [-0.15, -0.1) is 0 Å². The van der Waals surface area contributed by atoms with Crippen molar-refractivity contribution in [3.8, 4) is 11.5 Å². The zero-order valence-corrected chi connectivity index (χ0v) is 13.4. The van der Waals surface area contributed by atoms with Gasteiger partial charge in [0.15, 0.2) is 0 Å². The van der Waals surface area contributed by atoms with Crippen molar-refractivity contribution in [3.63, 3.8) is 0 Å². The zero-order chi connectivity index (χ0) is 15.4. The molecule has 112 valence electrons.